The summed E-state index contributed by atoms with van der Waals surface area (Å²) in [4.78, 5) is 11.3. The maximum absolute atomic E-state index is 11.3. The highest BCUT2D eigenvalue weighted by atomic mass is 16.5. The molecule has 1 atom stereocenters. The number of nitrogens with one attached hydrogen (secondary N) is 1. The van der Waals surface area contributed by atoms with Gasteiger partial charge in [-0.3, -0.25) is 0 Å². The number of carbonyl (C=O) groups is 1. The predicted molar refractivity (Wildman–Crippen MR) is 67.4 cm³/mol. The molecule has 1 aliphatic rings. The minimum absolute atomic E-state index is 0.0306. The summed E-state index contributed by atoms with van der Waals surface area (Å²) in [5.41, 5.74) is 1.10. The van der Waals surface area contributed by atoms with Gasteiger partial charge in [0.15, 0.2) is 0 Å². The molecule has 0 spiro atoms. The molecule has 3 heteroatoms. The number of hydrogen-bond acceptors (Lipinski definition) is 3. The molecule has 0 aromatic heterocycles. The van der Waals surface area contributed by atoms with E-state index in [0.717, 1.165) is 43.5 Å². The van der Waals surface area contributed by atoms with Gasteiger partial charge in [-0.15, -0.1) is 0 Å². The molecule has 0 bridgehead atoms. The molecule has 1 unspecified atom stereocenters. The summed E-state index contributed by atoms with van der Waals surface area (Å²) in [6, 6.07) is 7.85. The fourth-order valence-corrected chi connectivity index (χ4v) is 2.49. The van der Waals surface area contributed by atoms with Gasteiger partial charge in [-0.05, 0) is 49.5 Å². The van der Waals surface area contributed by atoms with E-state index in [9.17, 15) is 4.79 Å². The van der Waals surface area contributed by atoms with E-state index in [1.54, 1.807) is 7.11 Å². The molecule has 1 aromatic rings. The number of benzene rings is 1. The number of rotatable bonds is 4. The summed E-state index contributed by atoms with van der Waals surface area (Å²) in [5.74, 6) is 1.34. The van der Waals surface area contributed by atoms with Crippen LogP contribution in [-0.4, -0.2) is 26.5 Å². The van der Waals surface area contributed by atoms with Gasteiger partial charge in [0.05, 0.1) is 7.11 Å². The van der Waals surface area contributed by atoms with Gasteiger partial charge in [-0.25, -0.2) is 0 Å². The fourth-order valence-electron chi connectivity index (χ4n) is 2.49. The second-order valence-corrected chi connectivity index (χ2v) is 4.52. The van der Waals surface area contributed by atoms with E-state index in [1.165, 1.54) is 0 Å². The van der Waals surface area contributed by atoms with E-state index < -0.39 is 0 Å². The van der Waals surface area contributed by atoms with Crippen LogP contribution in [0.25, 0.3) is 0 Å². The van der Waals surface area contributed by atoms with Crippen molar-refractivity contribution in [2.24, 2.45) is 5.92 Å². The highest BCUT2D eigenvalue weighted by molar-refractivity contribution is 5.63. The van der Waals surface area contributed by atoms with Crippen molar-refractivity contribution < 1.29 is 9.53 Å². The van der Waals surface area contributed by atoms with E-state index in [2.05, 4.69) is 5.32 Å². The first-order valence-electron chi connectivity index (χ1n) is 6.15. The van der Waals surface area contributed by atoms with Crippen molar-refractivity contribution in [3.63, 3.8) is 0 Å². The van der Waals surface area contributed by atoms with Crippen molar-refractivity contribution in [3.05, 3.63) is 29.8 Å². The maximum atomic E-state index is 11.3. The molecule has 1 aliphatic heterocycles. The van der Waals surface area contributed by atoms with E-state index >= 15 is 0 Å². The summed E-state index contributed by atoms with van der Waals surface area (Å²) in [6.07, 6.45) is 3.25. The predicted octanol–water partition coefficient (Wildman–Crippen LogP) is 1.98. The van der Waals surface area contributed by atoms with Crippen molar-refractivity contribution in [1.82, 2.24) is 5.32 Å². The first-order valence-corrected chi connectivity index (χ1v) is 6.15. The van der Waals surface area contributed by atoms with Gasteiger partial charge in [0.2, 0.25) is 0 Å². The zero-order valence-corrected chi connectivity index (χ0v) is 10.2. The maximum Gasteiger partial charge on any atom is 0.127 e. The van der Waals surface area contributed by atoms with Crippen LogP contribution < -0.4 is 10.1 Å². The quantitative estimate of drug-likeness (QED) is 0.808. The molecule has 0 radical (unpaired) electrons. The van der Waals surface area contributed by atoms with Gasteiger partial charge in [0, 0.05) is 5.92 Å². The average molecular weight is 233 g/mol. The van der Waals surface area contributed by atoms with Crippen LogP contribution >= 0.6 is 0 Å². The van der Waals surface area contributed by atoms with Crippen molar-refractivity contribution in [2.75, 3.05) is 20.2 Å². The first kappa shape index (κ1) is 12.1. The summed E-state index contributed by atoms with van der Waals surface area (Å²) < 4.78 is 5.13. The monoisotopic (exact) mass is 233 g/mol. The van der Waals surface area contributed by atoms with Crippen LogP contribution in [0.15, 0.2) is 24.3 Å². The summed E-state index contributed by atoms with van der Waals surface area (Å²) in [7, 11) is 1.65. The van der Waals surface area contributed by atoms with E-state index in [0.29, 0.717) is 5.92 Å². The van der Waals surface area contributed by atoms with Gasteiger partial charge in [-0.1, -0.05) is 12.1 Å². The largest absolute Gasteiger partial charge is 0.497 e. The van der Waals surface area contributed by atoms with Crippen LogP contribution in [0.5, 0.6) is 5.75 Å². The highest BCUT2D eigenvalue weighted by Crippen LogP contribution is 2.30. The molecule has 1 fully saturated rings. The van der Waals surface area contributed by atoms with Crippen molar-refractivity contribution in [2.45, 2.75) is 18.8 Å². The molecule has 17 heavy (non-hydrogen) atoms. The summed E-state index contributed by atoms with van der Waals surface area (Å²) in [5, 5.41) is 3.33. The second kappa shape index (κ2) is 5.82. The van der Waals surface area contributed by atoms with Crippen LogP contribution in [0.1, 0.15) is 24.3 Å². The van der Waals surface area contributed by atoms with Crippen LogP contribution in [-0.2, 0) is 4.79 Å². The topological polar surface area (TPSA) is 38.3 Å². The van der Waals surface area contributed by atoms with Gasteiger partial charge >= 0.3 is 0 Å². The van der Waals surface area contributed by atoms with Crippen molar-refractivity contribution >= 4 is 6.29 Å². The van der Waals surface area contributed by atoms with Crippen LogP contribution in [0.2, 0.25) is 0 Å². The van der Waals surface area contributed by atoms with Gasteiger partial charge in [0.25, 0.3) is 0 Å². The Balaban J connectivity index is 2.12. The zero-order chi connectivity index (χ0) is 12.1. The first-order chi connectivity index (χ1) is 8.35. The van der Waals surface area contributed by atoms with E-state index in [1.807, 2.05) is 24.3 Å². The Labute approximate surface area is 102 Å². The smallest absolute Gasteiger partial charge is 0.127 e. The zero-order valence-electron chi connectivity index (χ0n) is 10.2. The van der Waals surface area contributed by atoms with E-state index in [4.69, 9.17) is 4.74 Å². The molecule has 2 rings (SSSR count). The number of carbonyl (C=O) groups excluding carboxylic acids is 1. The number of methoxy groups -OCH3 is 1. The molecule has 92 valence electrons. The number of ether oxygens (including phenoxy) is 1. The molecular weight excluding hydrogens is 214 g/mol. The minimum Gasteiger partial charge on any atom is -0.497 e. The SMILES string of the molecule is COc1ccc(C(C=O)C2CCNCC2)cc1. The third kappa shape index (κ3) is 2.86. The second-order valence-electron chi connectivity index (χ2n) is 4.52. The molecule has 1 aromatic carbocycles. The van der Waals surface area contributed by atoms with Gasteiger partial charge in [-0.2, -0.15) is 0 Å². The molecule has 1 N–H and O–H groups in total. The number of aldehydes is 1. The normalized spacial score (nSPS) is 18.6. The third-order valence-corrected chi connectivity index (χ3v) is 3.54. The number of piperidine rings is 1. The van der Waals surface area contributed by atoms with Crippen LogP contribution in [0.3, 0.4) is 0 Å². The highest BCUT2D eigenvalue weighted by Gasteiger charge is 2.24. The molecule has 1 heterocycles. The van der Waals surface area contributed by atoms with Crippen molar-refractivity contribution in [1.29, 1.82) is 0 Å². The standard InChI is InChI=1S/C14H19NO2/c1-17-13-4-2-11(3-5-13)14(10-16)12-6-8-15-9-7-12/h2-5,10,12,14-15H,6-9H2,1H3. The molecule has 0 aliphatic carbocycles. The Hall–Kier alpha value is -1.35. The molecule has 0 amide bonds. The Bertz CT molecular complexity index is 355. The van der Waals surface area contributed by atoms with Gasteiger partial charge < -0.3 is 14.8 Å². The molecule has 0 saturated carbocycles. The Kier molecular flexibility index (Phi) is 4.15. The lowest BCUT2D eigenvalue weighted by molar-refractivity contribution is -0.110. The lowest BCUT2D eigenvalue weighted by Gasteiger charge is -2.27. The van der Waals surface area contributed by atoms with Crippen molar-refractivity contribution in [3.8, 4) is 5.75 Å². The van der Waals surface area contributed by atoms with Gasteiger partial charge in [0.1, 0.15) is 12.0 Å². The third-order valence-electron chi connectivity index (χ3n) is 3.54. The summed E-state index contributed by atoms with van der Waals surface area (Å²) in [6.45, 7) is 2.04. The Morgan fingerprint density at radius 2 is 1.94 bits per heavy atom. The van der Waals surface area contributed by atoms with Crippen LogP contribution in [0.4, 0.5) is 0 Å². The van der Waals surface area contributed by atoms with Crippen LogP contribution in [0, 0.1) is 5.92 Å². The molecular formula is C14H19NO2. The Morgan fingerprint density at radius 1 is 1.29 bits per heavy atom. The lowest BCUT2D eigenvalue weighted by Crippen LogP contribution is -2.31. The minimum atomic E-state index is 0.0306. The Morgan fingerprint density at radius 3 is 2.47 bits per heavy atom. The fraction of sp³-hybridized carbons (Fsp3) is 0.500. The van der Waals surface area contributed by atoms with E-state index in [-0.39, 0.29) is 5.92 Å². The average Bonchev–Trinajstić information content (AvgIpc) is 2.42. The molecule has 1 saturated heterocycles. The summed E-state index contributed by atoms with van der Waals surface area (Å²) >= 11 is 0. The lowest BCUT2D eigenvalue weighted by atomic mass is 9.81. The number of hydrogen-bond donors (Lipinski definition) is 1. The molecule has 3 nitrogen and oxygen atoms in total.